The predicted molar refractivity (Wildman–Crippen MR) is 40.6 cm³/mol. The van der Waals surface area contributed by atoms with Crippen LogP contribution in [0, 0.1) is 11.8 Å². The van der Waals surface area contributed by atoms with Gasteiger partial charge in [-0.05, 0) is 7.05 Å². The molecule has 1 saturated carbocycles. The molecule has 2 fully saturated rings. The van der Waals surface area contributed by atoms with Gasteiger partial charge in [0.25, 0.3) is 0 Å². The second-order valence-electron chi connectivity index (χ2n) is 3.73. The molecule has 0 aromatic heterocycles. The molecular weight excluding hydrogens is 142 g/mol. The lowest BCUT2D eigenvalue weighted by Crippen LogP contribution is -2.46. The Bertz CT molecular complexity index is 204. The van der Waals surface area contributed by atoms with Gasteiger partial charge in [-0.25, -0.2) is 0 Å². The lowest BCUT2D eigenvalue weighted by molar-refractivity contribution is -0.121. The zero-order valence-electron chi connectivity index (χ0n) is 6.58. The normalized spacial score (nSPS) is 48.9. The molecule has 0 bridgehead atoms. The number of likely N-dealkylation sites (tertiary alicyclic amines) is 1. The van der Waals surface area contributed by atoms with Crippen LogP contribution >= 0.6 is 0 Å². The third kappa shape index (κ3) is 0.684. The summed E-state index contributed by atoms with van der Waals surface area (Å²) in [7, 11) is 2.04. The topological polar surface area (TPSA) is 72.3 Å². The van der Waals surface area contributed by atoms with Gasteiger partial charge >= 0.3 is 0 Å². The Labute approximate surface area is 65.5 Å². The molecule has 11 heavy (non-hydrogen) atoms. The Kier molecular flexibility index (Phi) is 1.13. The van der Waals surface area contributed by atoms with E-state index in [1.807, 2.05) is 7.05 Å². The summed E-state index contributed by atoms with van der Waals surface area (Å²) < 4.78 is 0. The molecule has 4 heteroatoms. The predicted octanol–water partition coefficient (Wildman–Crippen LogP) is -1.64. The van der Waals surface area contributed by atoms with Crippen LogP contribution in [0.1, 0.15) is 0 Å². The van der Waals surface area contributed by atoms with E-state index in [0.717, 1.165) is 13.1 Å². The fraction of sp³-hybridized carbons (Fsp3) is 0.857. The number of nitrogens with zero attached hydrogens (tertiary/aromatic N) is 1. The summed E-state index contributed by atoms with van der Waals surface area (Å²) in [4.78, 5) is 13.1. The summed E-state index contributed by atoms with van der Waals surface area (Å²) in [5.74, 6) is 0.315. The number of amides is 1. The molecule has 0 aromatic rings. The van der Waals surface area contributed by atoms with Crippen molar-refractivity contribution in [2.45, 2.75) is 5.54 Å². The minimum atomic E-state index is -0.660. The summed E-state index contributed by atoms with van der Waals surface area (Å²) >= 11 is 0. The number of nitrogens with two attached hydrogens (primary N) is 2. The Hall–Kier alpha value is -0.610. The number of carbonyl (C=O) groups excluding carboxylic acids is 1. The molecule has 4 N–H and O–H groups in total. The molecule has 1 amide bonds. The number of carbonyl (C=O) groups is 1. The minimum Gasteiger partial charge on any atom is -0.368 e. The van der Waals surface area contributed by atoms with E-state index in [4.69, 9.17) is 11.5 Å². The number of hydrogen-bond acceptors (Lipinski definition) is 3. The molecule has 1 saturated heterocycles. The van der Waals surface area contributed by atoms with Crippen LogP contribution in [0.5, 0.6) is 0 Å². The third-order valence-electron chi connectivity index (χ3n) is 3.05. The Morgan fingerprint density at radius 1 is 1.55 bits per heavy atom. The van der Waals surface area contributed by atoms with Crippen molar-refractivity contribution in [3.05, 3.63) is 0 Å². The first-order chi connectivity index (χ1) is 5.06. The number of hydrogen-bond donors (Lipinski definition) is 2. The van der Waals surface area contributed by atoms with Crippen molar-refractivity contribution >= 4 is 5.91 Å². The third-order valence-corrected chi connectivity index (χ3v) is 3.05. The highest BCUT2D eigenvalue weighted by Gasteiger charge is 2.69. The highest BCUT2D eigenvalue weighted by molar-refractivity contribution is 5.89. The summed E-state index contributed by atoms with van der Waals surface area (Å²) in [6, 6.07) is 0. The summed E-state index contributed by atoms with van der Waals surface area (Å²) in [6.45, 7) is 1.84. The van der Waals surface area contributed by atoms with E-state index in [2.05, 4.69) is 4.90 Å². The fourth-order valence-electron chi connectivity index (χ4n) is 2.23. The maximum atomic E-state index is 10.9. The lowest BCUT2D eigenvalue weighted by Gasteiger charge is -2.17. The van der Waals surface area contributed by atoms with Crippen LogP contribution in [0.4, 0.5) is 0 Å². The van der Waals surface area contributed by atoms with E-state index in [0.29, 0.717) is 11.8 Å². The molecule has 0 spiro atoms. The van der Waals surface area contributed by atoms with Gasteiger partial charge in [0.1, 0.15) is 5.54 Å². The van der Waals surface area contributed by atoms with Crippen molar-refractivity contribution in [2.75, 3.05) is 20.1 Å². The molecular formula is C7H13N3O. The van der Waals surface area contributed by atoms with Gasteiger partial charge in [-0.2, -0.15) is 0 Å². The van der Waals surface area contributed by atoms with Crippen LogP contribution in [-0.2, 0) is 4.79 Å². The van der Waals surface area contributed by atoms with Crippen LogP contribution in [0.15, 0.2) is 0 Å². The first-order valence-corrected chi connectivity index (χ1v) is 3.84. The Morgan fingerprint density at radius 3 is 2.36 bits per heavy atom. The quantitative estimate of drug-likeness (QED) is 0.477. The van der Waals surface area contributed by atoms with Crippen molar-refractivity contribution in [3.63, 3.8) is 0 Å². The zero-order chi connectivity index (χ0) is 8.22. The average molecular weight is 155 g/mol. The van der Waals surface area contributed by atoms with Crippen molar-refractivity contribution in [1.82, 2.24) is 4.90 Å². The van der Waals surface area contributed by atoms with Crippen LogP contribution < -0.4 is 11.5 Å². The molecule has 3 atom stereocenters. The van der Waals surface area contributed by atoms with Gasteiger partial charge in [0.05, 0.1) is 0 Å². The van der Waals surface area contributed by atoms with Gasteiger partial charge in [-0.1, -0.05) is 0 Å². The minimum absolute atomic E-state index is 0.324. The van der Waals surface area contributed by atoms with Crippen molar-refractivity contribution in [1.29, 1.82) is 0 Å². The van der Waals surface area contributed by atoms with Gasteiger partial charge in [0.15, 0.2) is 0 Å². The largest absolute Gasteiger partial charge is 0.368 e. The molecule has 1 aliphatic heterocycles. The summed E-state index contributed by atoms with van der Waals surface area (Å²) in [6.07, 6.45) is 0. The second kappa shape index (κ2) is 1.76. The number of piperidine rings is 1. The zero-order valence-corrected chi connectivity index (χ0v) is 6.58. The van der Waals surface area contributed by atoms with E-state index < -0.39 is 5.54 Å². The molecule has 1 aliphatic carbocycles. The second-order valence-corrected chi connectivity index (χ2v) is 3.73. The van der Waals surface area contributed by atoms with Gasteiger partial charge in [0, 0.05) is 24.9 Å². The van der Waals surface area contributed by atoms with Gasteiger partial charge in [0.2, 0.25) is 5.91 Å². The van der Waals surface area contributed by atoms with E-state index in [1.165, 1.54) is 0 Å². The Morgan fingerprint density at radius 2 is 2.00 bits per heavy atom. The van der Waals surface area contributed by atoms with E-state index in [-0.39, 0.29) is 5.91 Å². The van der Waals surface area contributed by atoms with E-state index in [9.17, 15) is 4.79 Å². The van der Waals surface area contributed by atoms with Crippen molar-refractivity contribution in [2.24, 2.45) is 23.3 Å². The molecule has 1 heterocycles. The SMILES string of the molecule is CN1CC2[C@@H](C1)C2(N)C(N)=O. The van der Waals surface area contributed by atoms with Crippen LogP contribution in [0.25, 0.3) is 0 Å². The van der Waals surface area contributed by atoms with E-state index in [1.54, 1.807) is 0 Å². The summed E-state index contributed by atoms with van der Waals surface area (Å²) in [5.41, 5.74) is 10.3. The maximum absolute atomic E-state index is 10.9. The maximum Gasteiger partial charge on any atom is 0.238 e. The van der Waals surface area contributed by atoms with Crippen molar-refractivity contribution in [3.8, 4) is 0 Å². The molecule has 2 rings (SSSR count). The molecule has 2 unspecified atom stereocenters. The fourth-order valence-corrected chi connectivity index (χ4v) is 2.23. The molecule has 4 nitrogen and oxygen atoms in total. The van der Waals surface area contributed by atoms with Crippen LogP contribution in [0.2, 0.25) is 0 Å². The number of rotatable bonds is 1. The summed E-state index contributed by atoms with van der Waals surface area (Å²) in [5, 5.41) is 0. The first kappa shape index (κ1) is 7.06. The first-order valence-electron chi connectivity index (χ1n) is 3.84. The standard InChI is InChI=1S/C7H13N3O/c1-10-2-4-5(3-10)7(4,9)6(8)11/h4-5H,2-3,9H2,1H3,(H2,8,11)/t4-,5?,7?/m1/s1. The average Bonchev–Trinajstić information content (AvgIpc) is 2.38. The smallest absolute Gasteiger partial charge is 0.238 e. The van der Waals surface area contributed by atoms with Crippen LogP contribution in [0.3, 0.4) is 0 Å². The lowest BCUT2D eigenvalue weighted by atomic mass is 10.1. The highest BCUT2D eigenvalue weighted by atomic mass is 16.1. The van der Waals surface area contributed by atoms with Crippen molar-refractivity contribution < 1.29 is 4.79 Å². The van der Waals surface area contributed by atoms with Crippen LogP contribution in [-0.4, -0.2) is 36.5 Å². The Balaban J connectivity index is 2.11. The molecule has 2 aliphatic rings. The molecule has 0 radical (unpaired) electrons. The van der Waals surface area contributed by atoms with E-state index >= 15 is 0 Å². The van der Waals surface area contributed by atoms with Gasteiger partial charge in [-0.15, -0.1) is 0 Å². The van der Waals surface area contributed by atoms with Gasteiger partial charge in [-0.3, -0.25) is 4.79 Å². The molecule has 62 valence electrons. The molecule has 0 aromatic carbocycles. The highest BCUT2D eigenvalue weighted by Crippen LogP contribution is 2.52. The monoisotopic (exact) mass is 155 g/mol. The number of fused-ring (bicyclic) bond motifs is 1. The number of primary amides is 1. The van der Waals surface area contributed by atoms with Gasteiger partial charge < -0.3 is 16.4 Å².